The maximum Gasteiger partial charge on any atom is 0.248 e. The number of benzene rings is 1. The zero-order valence-corrected chi connectivity index (χ0v) is 17.3. The number of morpholine rings is 1. The molecule has 6 nitrogen and oxygen atoms in total. The SMILES string of the molecule is Cc1cnccc1CN1CCC(N2C[C@@H](COc3ccc(F)cc3)OCC2=O)CC1. The van der Waals surface area contributed by atoms with Crippen molar-refractivity contribution < 1.29 is 18.7 Å². The summed E-state index contributed by atoms with van der Waals surface area (Å²) in [6.45, 7) is 5.92. The standard InChI is InChI=1S/C23H28FN3O3/c1-17-12-25-9-6-18(17)13-26-10-7-20(8-11-26)27-14-22(30-16-23(27)28)15-29-21-4-2-19(24)3-5-21/h2-6,9,12,20,22H,7-8,10-11,13-16H2,1H3/t22-/m0/s1. The first kappa shape index (κ1) is 20.8. The highest BCUT2D eigenvalue weighted by Crippen LogP contribution is 2.22. The van der Waals surface area contributed by atoms with Crippen molar-refractivity contribution >= 4 is 5.91 Å². The molecule has 30 heavy (non-hydrogen) atoms. The van der Waals surface area contributed by atoms with E-state index in [0.717, 1.165) is 32.5 Å². The second kappa shape index (κ2) is 9.53. The van der Waals surface area contributed by atoms with Crippen LogP contribution < -0.4 is 4.74 Å². The van der Waals surface area contributed by atoms with Crippen LogP contribution in [0.5, 0.6) is 5.75 Å². The average Bonchev–Trinajstić information content (AvgIpc) is 2.76. The zero-order chi connectivity index (χ0) is 20.9. The molecule has 0 N–H and O–H groups in total. The fourth-order valence-electron chi connectivity index (χ4n) is 4.13. The van der Waals surface area contributed by atoms with Crippen molar-refractivity contribution in [1.82, 2.24) is 14.8 Å². The molecule has 7 heteroatoms. The minimum atomic E-state index is -0.293. The van der Waals surface area contributed by atoms with E-state index in [1.807, 2.05) is 17.3 Å². The molecule has 0 unspecified atom stereocenters. The molecule has 2 aliphatic heterocycles. The third kappa shape index (κ3) is 5.15. The number of aryl methyl sites for hydroxylation is 1. The Kier molecular flexibility index (Phi) is 6.59. The van der Waals surface area contributed by atoms with E-state index in [1.54, 1.807) is 12.1 Å². The summed E-state index contributed by atoms with van der Waals surface area (Å²) in [5.74, 6) is 0.359. The molecule has 0 aliphatic carbocycles. The predicted octanol–water partition coefficient (Wildman–Crippen LogP) is 2.80. The van der Waals surface area contributed by atoms with Crippen molar-refractivity contribution in [2.24, 2.45) is 0 Å². The van der Waals surface area contributed by atoms with Crippen LogP contribution in [0.25, 0.3) is 0 Å². The number of hydrogen-bond donors (Lipinski definition) is 0. The molecule has 2 saturated heterocycles. The number of hydrogen-bond acceptors (Lipinski definition) is 5. The van der Waals surface area contributed by atoms with Crippen LogP contribution in [0.3, 0.4) is 0 Å². The van der Waals surface area contributed by atoms with Crippen molar-refractivity contribution in [3.05, 3.63) is 59.7 Å². The highest BCUT2D eigenvalue weighted by atomic mass is 19.1. The number of aromatic nitrogens is 1. The van der Waals surface area contributed by atoms with Gasteiger partial charge < -0.3 is 14.4 Å². The number of rotatable bonds is 6. The van der Waals surface area contributed by atoms with Gasteiger partial charge in [0.2, 0.25) is 5.91 Å². The van der Waals surface area contributed by atoms with Gasteiger partial charge in [0.25, 0.3) is 0 Å². The lowest BCUT2D eigenvalue weighted by Crippen LogP contribution is -2.55. The fourth-order valence-corrected chi connectivity index (χ4v) is 4.13. The van der Waals surface area contributed by atoms with Crippen LogP contribution in [0.4, 0.5) is 4.39 Å². The maximum absolute atomic E-state index is 13.0. The van der Waals surface area contributed by atoms with E-state index in [0.29, 0.717) is 18.9 Å². The van der Waals surface area contributed by atoms with Gasteiger partial charge in [-0.25, -0.2) is 4.39 Å². The average molecular weight is 413 g/mol. The summed E-state index contributed by atoms with van der Waals surface area (Å²) in [5, 5.41) is 0. The quantitative estimate of drug-likeness (QED) is 0.729. The van der Waals surface area contributed by atoms with Crippen LogP contribution in [0.1, 0.15) is 24.0 Å². The third-order valence-corrected chi connectivity index (χ3v) is 5.94. The minimum absolute atomic E-state index is 0.0523. The molecule has 1 aromatic carbocycles. The Morgan fingerprint density at radius 1 is 1.20 bits per heavy atom. The van der Waals surface area contributed by atoms with Crippen LogP contribution in [-0.2, 0) is 16.1 Å². The van der Waals surface area contributed by atoms with Crippen LogP contribution in [0.2, 0.25) is 0 Å². The first-order valence-corrected chi connectivity index (χ1v) is 10.5. The molecular weight excluding hydrogens is 385 g/mol. The van der Waals surface area contributed by atoms with E-state index < -0.39 is 0 Å². The van der Waals surface area contributed by atoms with Crippen molar-refractivity contribution in [1.29, 1.82) is 0 Å². The molecule has 2 aromatic rings. The topological polar surface area (TPSA) is 54.9 Å². The number of piperidine rings is 1. The lowest BCUT2D eigenvalue weighted by atomic mass is 10.0. The highest BCUT2D eigenvalue weighted by molar-refractivity contribution is 5.78. The number of carbonyl (C=O) groups is 1. The first-order chi connectivity index (χ1) is 14.6. The van der Waals surface area contributed by atoms with Crippen LogP contribution in [0, 0.1) is 12.7 Å². The van der Waals surface area contributed by atoms with Crippen molar-refractivity contribution in [2.45, 2.75) is 38.5 Å². The number of pyridine rings is 1. The van der Waals surface area contributed by atoms with Gasteiger partial charge in [-0.2, -0.15) is 0 Å². The fraction of sp³-hybridized carbons (Fsp3) is 0.478. The molecule has 3 heterocycles. The number of nitrogens with zero attached hydrogens (tertiary/aromatic N) is 3. The molecule has 1 amide bonds. The predicted molar refractivity (Wildman–Crippen MR) is 111 cm³/mol. The van der Waals surface area contributed by atoms with Gasteiger partial charge in [0, 0.05) is 38.1 Å². The first-order valence-electron chi connectivity index (χ1n) is 10.5. The van der Waals surface area contributed by atoms with Crippen molar-refractivity contribution in [3.63, 3.8) is 0 Å². The summed E-state index contributed by atoms with van der Waals surface area (Å²) in [4.78, 5) is 21.0. The molecule has 0 radical (unpaired) electrons. The van der Waals surface area contributed by atoms with Crippen LogP contribution in [0.15, 0.2) is 42.7 Å². The lowest BCUT2D eigenvalue weighted by Gasteiger charge is -2.42. The van der Waals surface area contributed by atoms with Gasteiger partial charge in [0.05, 0.1) is 6.54 Å². The Morgan fingerprint density at radius 3 is 2.70 bits per heavy atom. The van der Waals surface area contributed by atoms with E-state index in [4.69, 9.17) is 9.47 Å². The largest absolute Gasteiger partial charge is 0.491 e. The Balaban J connectivity index is 1.27. The summed E-state index contributed by atoms with van der Waals surface area (Å²) in [6.07, 6.45) is 5.49. The normalized spacial score (nSPS) is 21.1. The lowest BCUT2D eigenvalue weighted by molar-refractivity contribution is -0.155. The highest BCUT2D eigenvalue weighted by Gasteiger charge is 2.33. The second-order valence-electron chi connectivity index (χ2n) is 8.05. The molecule has 1 atom stereocenters. The van der Waals surface area contributed by atoms with Gasteiger partial charge in [-0.1, -0.05) is 0 Å². The van der Waals surface area contributed by atoms with E-state index >= 15 is 0 Å². The Hall–Kier alpha value is -2.51. The molecule has 1 aromatic heterocycles. The van der Waals surface area contributed by atoms with Gasteiger partial charge in [-0.05, 0) is 61.2 Å². The smallest absolute Gasteiger partial charge is 0.248 e. The Morgan fingerprint density at radius 2 is 1.97 bits per heavy atom. The van der Waals surface area contributed by atoms with Crippen LogP contribution in [-0.4, -0.2) is 65.7 Å². The molecule has 0 bridgehead atoms. The van der Waals surface area contributed by atoms with Crippen molar-refractivity contribution in [2.75, 3.05) is 32.8 Å². The van der Waals surface area contributed by atoms with Gasteiger partial charge in [-0.3, -0.25) is 14.7 Å². The van der Waals surface area contributed by atoms with E-state index in [9.17, 15) is 9.18 Å². The summed E-state index contributed by atoms with van der Waals surface area (Å²) in [7, 11) is 0. The molecule has 160 valence electrons. The Labute approximate surface area is 176 Å². The molecule has 0 spiro atoms. The monoisotopic (exact) mass is 413 g/mol. The molecule has 2 fully saturated rings. The third-order valence-electron chi connectivity index (χ3n) is 5.94. The van der Waals surface area contributed by atoms with Gasteiger partial charge in [-0.15, -0.1) is 0 Å². The number of likely N-dealkylation sites (tertiary alicyclic amines) is 1. The van der Waals surface area contributed by atoms with Gasteiger partial charge in [0.15, 0.2) is 0 Å². The number of carbonyl (C=O) groups excluding carboxylic acids is 1. The van der Waals surface area contributed by atoms with E-state index in [2.05, 4.69) is 22.9 Å². The Bertz CT molecular complexity index is 853. The summed E-state index contributed by atoms with van der Waals surface area (Å²) >= 11 is 0. The molecule has 2 aliphatic rings. The minimum Gasteiger partial charge on any atom is -0.491 e. The zero-order valence-electron chi connectivity index (χ0n) is 17.3. The number of halogens is 1. The van der Waals surface area contributed by atoms with Gasteiger partial charge >= 0.3 is 0 Å². The maximum atomic E-state index is 13.0. The molecule has 0 saturated carbocycles. The second-order valence-corrected chi connectivity index (χ2v) is 8.05. The van der Waals surface area contributed by atoms with Crippen LogP contribution >= 0.6 is 0 Å². The van der Waals surface area contributed by atoms with E-state index in [1.165, 1.54) is 23.3 Å². The number of ether oxygens (including phenoxy) is 2. The molecule has 4 rings (SSSR count). The molecular formula is C23H28FN3O3. The summed E-state index contributed by atoms with van der Waals surface area (Å²) in [5.41, 5.74) is 2.52. The number of amides is 1. The van der Waals surface area contributed by atoms with Crippen molar-refractivity contribution in [3.8, 4) is 5.75 Å². The summed E-state index contributed by atoms with van der Waals surface area (Å²) < 4.78 is 24.4. The van der Waals surface area contributed by atoms with Gasteiger partial charge in [0.1, 0.15) is 30.9 Å². The summed E-state index contributed by atoms with van der Waals surface area (Å²) in [6, 6.07) is 8.26. The van der Waals surface area contributed by atoms with E-state index in [-0.39, 0.29) is 30.5 Å².